The van der Waals surface area contributed by atoms with Crippen molar-refractivity contribution in [3.05, 3.63) is 29.6 Å². The van der Waals surface area contributed by atoms with Gasteiger partial charge in [0.1, 0.15) is 0 Å². The Bertz CT molecular complexity index is 386. The van der Waals surface area contributed by atoms with Crippen LogP contribution < -0.4 is 5.32 Å². The van der Waals surface area contributed by atoms with E-state index in [1.807, 2.05) is 0 Å². The van der Waals surface area contributed by atoms with Gasteiger partial charge in [0.25, 0.3) is 0 Å². The third-order valence-corrected chi connectivity index (χ3v) is 1.88. The summed E-state index contributed by atoms with van der Waals surface area (Å²) in [6, 6.07) is 1.04. The van der Waals surface area contributed by atoms with Gasteiger partial charge in [0.2, 0.25) is 0 Å². The summed E-state index contributed by atoms with van der Waals surface area (Å²) < 4.78 is 38.1. The minimum atomic E-state index is -1.54. The average molecular weight is 233 g/mol. The van der Waals surface area contributed by atoms with E-state index in [1.165, 1.54) is 6.92 Å². The maximum Gasteiger partial charge on any atom is 0.305 e. The molecule has 0 saturated carbocycles. The van der Waals surface area contributed by atoms with Crippen LogP contribution in [0.25, 0.3) is 0 Å². The lowest BCUT2D eigenvalue weighted by atomic mass is 10.2. The zero-order valence-corrected chi connectivity index (χ0v) is 8.43. The number of carboxylic acids is 1. The number of hydrogen-bond donors (Lipinski definition) is 2. The van der Waals surface area contributed by atoms with Crippen molar-refractivity contribution < 1.29 is 23.1 Å². The summed E-state index contributed by atoms with van der Waals surface area (Å²) in [6.07, 6.45) is -0.208. The van der Waals surface area contributed by atoms with Crippen LogP contribution in [0, 0.1) is 17.5 Å². The van der Waals surface area contributed by atoms with Gasteiger partial charge >= 0.3 is 5.97 Å². The van der Waals surface area contributed by atoms with Crippen LogP contribution in [0.5, 0.6) is 0 Å². The van der Waals surface area contributed by atoms with E-state index in [9.17, 15) is 18.0 Å². The van der Waals surface area contributed by atoms with Crippen LogP contribution in [-0.4, -0.2) is 17.1 Å². The molecular weight excluding hydrogens is 223 g/mol. The van der Waals surface area contributed by atoms with Gasteiger partial charge in [-0.1, -0.05) is 0 Å². The summed E-state index contributed by atoms with van der Waals surface area (Å²) in [6.45, 7) is 1.54. The van der Waals surface area contributed by atoms with Crippen LogP contribution in [0.3, 0.4) is 0 Å². The number of anilines is 1. The molecule has 1 unspecified atom stereocenters. The Balaban J connectivity index is 2.78. The number of aliphatic carboxylic acids is 1. The fraction of sp³-hybridized carbons (Fsp3) is 0.300. The topological polar surface area (TPSA) is 49.3 Å². The Morgan fingerprint density at radius 1 is 1.38 bits per heavy atom. The Hall–Kier alpha value is -1.72. The van der Waals surface area contributed by atoms with Crippen molar-refractivity contribution in [1.82, 2.24) is 0 Å². The Labute approximate surface area is 89.9 Å². The van der Waals surface area contributed by atoms with E-state index in [-0.39, 0.29) is 12.1 Å². The number of halogens is 3. The quantitative estimate of drug-likeness (QED) is 0.785. The zero-order chi connectivity index (χ0) is 12.3. The average Bonchev–Trinajstić information content (AvgIpc) is 2.12. The molecule has 1 aromatic rings. The van der Waals surface area contributed by atoms with Gasteiger partial charge < -0.3 is 10.4 Å². The Morgan fingerprint density at radius 3 is 2.31 bits per heavy atom. The molecule has 0 aliphatic rings. The molecule has 1 rings (SSSR count). The molecule has 16 heavy (non-hydrogen) atoms. The van der Waals surface area contributed by atoms with Crippen molar-refractivity contribution in [3.63, 3.8) is 0 Å². The molecule has 0 heterocycles. The molecule has 1 atom stereocenters. The zero-order valence-electron chi connectivity index (χ0n) is 8.43. The van der Waals surface area contributed by atoms with Gasteiger partial charge in [0, 0.05) is 23.9 Å². The minimum Gasteiger partial charge on any atom is -0.481 e. The second-order valence-corrected chi connectivity index (χ2v) is 3.40. The monoisotopic (exact) mass is 233 g/mol. The highest BCUT2D eigenvalue weighted by Crippen LogP contribution is 2.18. The minimum absolute atomic E-state index is 0.00477. The van der Waals surface area contributed by atoms with Crippen LogP contribution in [0.1, 0.15) is 13.3 Å². The van der Waals surface area contributed by atoms with Crippen molar-refractivity contribution >= 4 is 11.7 Å². The standard InChI is InChI=1S/C10H10F3NO2/c1-5(2-9(15)16)14-6-3-7(11)10(13)8(12)4-6/h3-5,14H,2H2,1H3,(H,15,16). The number of hydrogen-bond acceptors (Lipinski definition) is 2. The van der Waals surface area contributed by atoms with Gasteiger partial charge in [0.05, 0.1) is 6.42 Å². The molecule has 88 valence electrons. The fourth-order valence-corrected chi connectivity index (χ4v) is 1.24. The molecule has 0 aromatic heterocycles. The van der Waals surface area contributed by atoms with E-state index in [0.29, 0.717) is 0 Å². The molecule has 6 heteroatoms. The van der Waals surface area contributed by atoms with Crippen LogP contribution in [0.4, 0.5) is 18.9 Å². The Morgan fingerprint density at radius 2 is 1.88 bits per heavy atom. The molecule has 0 saturated heterocycles. The maximum absolute atomic E-state index is 12.8. The van der Waals surface area contributed by atoms with E-state index < -0.39 is 29.5 Å². The lowest BCUT2D eigenvalue weighted by Gasteiger charge is -2.13. The molecule has 0 aliphatic carbocycles. The first kappa shape index (κ1) is 12.4. The number of benzene rings is 1. The van der Waals surface area contributed by atoms with Crippen molar-refractivity contribution in [3.8, 4) is 0 Å². The van der Waals surface area contributed by atoms with Gasteiger partial charge in [-0.3, -0.25) is 4.79 Å². The normalized spacial score (nSPS) is 12.2. The predicted molar refractivity (Wildman–Crippen MR) is 51.7 cm³/mol. The van der Waals surface area contributed by atoms with Gasteiger partial charge in [-0.25, -0.2) is 13.2 Å². The van der Waals surface area contributed by atoms with E-state index in [1.54, 1.807) is 0 Å². The highest BCUT2D eigenvalue weighted by molar-refractivity contribution is 5.68. The summed E-state index contributed by atoms with van der Waals surface area (Å²) >= 11 is 0. The van der Waals surface area contributed by atoms with E-state index >= 15 is 0 Å². The molecular formula is C10H10F3NO2. The van der Waals surface area contributed by atoms with Crippen LogP contribution in [-0.2, 0) is 4.79 Å². The van der Waals surface area contributed by atoms with E-state index in [0.717, 1.165) is 12.1 Å². The second-order valence-electron chi connectivity index (χ2n) is 3.40. The molecule has 0 fully saturated rings. The smallest absolute Gasteiger partial charge is 0.305 e. The van der Waals surface area contributed by atoms with Crippen molar-refractivity contribution in [2.45, 2.75) is 19.4 Å². The third-order valence-electron chi connectivity index (χ3n) is 1.88. The van der Waals surface area contributed by atoms with E-state index in [4.69, 9.17) is 5.11 Å². The van der Waals surface area contributed by atoms with Crippen LogP contribution in [0.15, 0.2) is 12.1 Å². The molecule has 0 amide bonds. The molecule has 0 radical (unpaired) electrons. The predicted octanol–water partition coefficient (Wildman–Crippen LogP) is 2.38. The number of carbonyl (C=O) groups is 1. The fourth-order valence-electron chi connectivity index (χ4n) is 1.24. The second kappa shape index (κ2) is 4.87. The van der Waals surface area contributed by atoms with Crippen molar-refractivity contribution in [1.29, 1.82) is 0 Å². The maximum atomic E-state index is 12.8. The highest BCUT2D eigenvalue weighted by atomic mass is 19.2. The molecule has 0 spiro atoms. The molecule has 3 nitrogen and oxygen atoms in total. The summed E-state index contributed by atoms with van der Waals surface area (Å²) in [5.74, 6) is -5.21. The summed E-state index contributed by atoms with van der Waals surface area (Å²) in [5, 5.41) is 11.0. The van der Waals surface area contributed by atoms with Gasteiger partial charge in [0.15, 0.2) is 17.5 Å². The van der Waals surface area contributed by atoms with Crippen LogP contribution >= 0.6 is 0 Å². The third kappa shape index (κ3) is 3.15. The molecule has 0 bridgehead atoms. The largest absolute Gasteiger partial charge is 0.481 e. The lowest BCUT2D eigenvalue weighted by molar-refractivity contribution is -0.137. The Kier molecular flexibility index (Phi) is 3.76. The summed E-state index contributed by atoms with van der Waals surface area (Å²) in [5.41, 5.74) is 0.00477. The van der Waals surface area contributed by atoms with Crippen molar-refractivity contribution in [2.24, 2.45) is 0 Å². The summed E-state index contributed by atoms with van der Waals surface area (Å²) in [4.78, 5) is 10.3. The first-order valence-corrected chi connectivity index (χ1v) is 4.53. The molecule has 2 N–H and O–H groups in total. The lowest BCUT2D eigenvalue weighted by Crippen LogP contribution is -2.19. The number of nitrogens with one attached hydrogen (secondary N) is 1. The SMILES string of the molecule is CC(CC(=O)O)Nc1cc(F)c(F)c(F)c1. The summed E-state index contributed by atoms with van der Waals surface area (Å²) in [7, 11) is 0. The molecule has 0 aliphatic heterocycles. The first-order chi connectivity index (χ1) is 7.40. The van der Waals surface area contributed by atoms with E-state index in [2.05, 4.69) is 5.32 Å². The van der Waals surface area contributed by atoms with Gasteiger partial charge in [-0.05, 0) is 6.92 Å². The molecule has 1 aromatic carbocycles. The van der Waals surface area contributed by atoms with Crippen molar-refractivity contribution in [2.75, 3.05) is 5.32 Å². The van der Waals surface area contributed by atoms with Gasteiger partial charge in [-0.15, -0.1) is 0 Å². The first-order valence-electron chi connectivity index (χ1n) is 4.53. The van der Waals surface area contributed by atoms with Crippen LogP contribution in [0.2, 0.25) is 0 Å². The van der Waals surface area contributed by atoms with Gasteiger partial charge in [-0.2, -0.15) is 0 Å². The number of carboxylic acid groups (broad SMARTS) is 1. The highest BCUT2D eigenvalue weighted by Gasteiger charge is 2.13. The number of rotatable bonds is 4.